The number of aryl methyl sites for hydroxylation is 1. The number of nitrogens with zero attached hydrogens (tertiary/aromatic N) is 1. The standard InChI is InChI=1S/C24H22N2O3S/c27-24(25-21-13-7-9-17-8-1-2-10-18(17)21)16-26-22-14-5-3-11-19(22)20-12-4-6-15-23(20)30(26,28)29/h1-6,8,10-12,14-15,21H,7,9,13,16H2,(H,25,27)/t21-/m1/s1. The van der Waals surface area contributed by atoms with Crippen molar-refractivity contribution in [3.8, 4) is 11.1 Å². The van der Waals surface area contributed by atoms with E-state index in [4.69, 9.17) is 0 Å². The Hall–Kier alpha value is -3.12. The van der Waals surface area contributed by atoms with E-state index in [1.807, 2.05) is 42.5 Å². The van der Waals surface area contributed by atoms with Crippen molar-refractivity contribution in [3.05, 3.63) is 83.9 Å². The van der Waals surface area contributed by atoms with Gasteiger partial charge in [0.2, 0.25) is 5.91 Å². The van der Waals surface area contributed by atoms with Crippen LogP contribution in [0.15, 0.2) is 77.7 Å². The highest BCUT2D eigenvalue weighted by Crippen LogP contribution is 2.42. The van der Waals surface area contributed by atoms with E-state index in [9.17, 15) is 13.2 Å². The number of benzene rings is 3. The topological polar surface area (TPSA) is 66.5 Å². The highest BCUT2D eigenvalue weighted by Gasteiger charge is 2.36. The lowest BCUT2D eigenvalue weighted by Crippen LogP contribution is -2.43. The zero-order chi connectivity index (χ0) is 20.7. The van der Waals surface area contributed by atoms with E-state index in [1.54, 1.807) is 24.3 Å². The van der Waals surface area contributed by atoms with Gasteiger partial charge in [0.25, 0.3) is 10.0 Å². The average molecular weight is 419 g/mol. The van der Waals surface area contributed by atoms with E-state index >= 15 is 0 Å². The van der Waals surface area contributed by atoms with Crippen molar-refractivity contribution in [1.82, 2.24) is 5.32 Å². The molecule has 3 aromatic carbocycles. The van der Waals surface area contributed by atoms with E-state index in [2.05, 4.69) is 11.4 Å². The molecule has 0 unspecified atom stereocenters. The highest BCUT2D eigenvalue weighted by molar-refractivity contribution is 7.93. The molecule has 30 heavy (non-hydrogen) atoms. The summed E-state index contributed by atoms with van der Waals surface area (Å²) in [5, 5.41) is 3.07. The Morgan fingerprint density at radius 2 is 1.63 bits per heavy atom. The summed E-state index contributed by atoms with van der Waals surface area (Å²) < 4.78 is 27.9. The number of carbonyl (C=O) groups excluding carboxylic acids is 1. The fraction of sp³-hybridized carbons (Fsp3) is 0.208. The van der Waals surface area contributed by atoms with Gasteiger partial charge in [-0.05, 0) is 42.5 Å². The molecule has 0 fully saturated rings. The van der Waals surface area contributed by atoms with Gasteiger partial charge in [-0.25, -0.2) is 8.42 Å². The van der Waals surface area contributed by atoms with E-state index in [-0.39, 0.29) is 23.4 Å². The van der Waals surface area contributed by atoms with Crippen molar-refractivity contribution in [3.63, 3.8) is 0 Å². The summed E-state index contributed by atoms with van der Waals surface area (Å²) in [6.07, 6.45) is 2.86. The summed E-state index contributed by atoms with van der Waals surface area (Å²) in [7, 11) is -3.82. The van der Waals surface area contributed by atoms with Crippen LogP contribution in [-0.2, 0) is 21.2 Å². The Bertz CT molecular complexity index is 1240. The van der Waals surface area contributed by atoms with Gasteiger partial charge in [-0.3, -0.25) is 9.10 Å². The van der Waals surface area contributed by atoms with Crippen molar-refractivity contribution < 1.29 is 13.2 Å². The van der Waals surface area contributed by atoms with Gasteiger partial charge in [0.15, 0.2) is 0 Å². The number of hydrogen-bond acceptors (Lipinski definition) is 3. The zero-order valence-corrected chi connectivity index (χ0v) is 17.2. The predicted molar refractivity (Wildman–Crippen MR) is 117 cm³/mol. The first-order chi connectivity index (χ1) is 14.6. The lowest BCUT2D eigenvalue weighted by Gasteiger charge is -2.32. The molecule has 5 rings (SSSR count). The minimum absolute atomic E-state index is 0.0857. The Kier molecular flexibility index (Phi) is 4.59. The third kappa shape index (κ3) is 3.08. The number of nitrogens with one attached hydrogen (secondary N) is 1. The third-order valence-corrected chi connectivity index (χ3v) is 7.73. The largest absolute Gasteiger partial charge is 0.348 e. The van der Waals surface area contributed by atoms with Crippen LogP contribution in [0.4, 0.5) is 5.69 Å². The Balaban J connectivity index is 1.46. The van der Waals surface area contributed by atoms with E-state index < -0.39 is 10.0 Å². The molecule has 152 valence electrons. The predicted octanol–water partition coefficient (Wildman–Crippen LogP) is 4.06. The van der Waals surface area contributed by atoms with Crippen molar-refractivity contribution in [2.75, 3.05) is 10.8 Å². The maximum Gasteiger partial charge on any atom is 0.265 e. The molecule has 0 radical (unpaired) electrons. The Morgan fingerprint density at radius 3 is 2.50 bits per heavy atom. The van der Waals surface area contributed by atoms with Gasteiger partial charge in [-0.15, -0.1) is 0 Å². The number of rotatable bonds is 3. The number of carbonyl (C=O) groups is 1. The molecule has 1 amide bonds. The molecule has 1 atom stereocenters. The lowest BCUT2D eigenvalue weighted by molar-refractivity contribution is -0.120. The molecule has 5 nitrogen and oxygen atoms in total. The molecule has 0 spiro atoms. The summed E-state index contributed by atoms with van der Waals surface area (Å²) in [6, 6.07) is 22.3. The van der Waals surface area contributed by atoms with Gasteiger partial charge < -0.3 is 5.32 Å². The fourth-order valence-corrected chi connectivity index (χ4v) is 6.17. The van der Waals surface area contributed by atoms with E-state index in [1.165, 1.54) is 9.87 Å². The molecule has 0 aromatic heterocycles. The number of hydrogen-bond donors (Lipinski definition) is 1. The molecule has 2 aliphatic rings. The lowest BCUT2D eigenvalue weighted by atomic mass is 9.88. The fourth-order valence-electron chi connectivity index (χ4n) is 4.53. The second-order valence-electron chi connectivity index (χ2n) is 7.74. The number of amides is 1. The minimum Gasteiger partial charge on any atom is -0.348 e. The van der Waals surface area contributed by atoms with Crippen molar-refractivity contribution in [2.45, 2.75) is 30.2 Å². The Labute approximate surface area is 176 Å². The van der Waals surface area contributed by atoms with Crippen molar-refractivity contribution >= 4 is 21.6 Å². The van der Waals surface area contributed by atoms with Crippen LogP contribution in [0.2, 0.25) is 0 Å². The van der Waals surface area contributed by atoms with Crippen LogP contribution in [0.1, 0.15) is 30.0 Å². The van der Waals surface area contributed by atoms with Crippen LogP contribution < -0.4 is 9.62 Å². The monoisotopic (exact) mass is 418 g/mol. The second-order valence-corrected chi connectivity index (χ2v) is 9.57. The van der Waals surface area contributed by atoms with Crippen LogP contribution in [0.3, 0.4) is 0 Å². The number of anilines is 1. The van der Waals surface area contributed by atoms with E-state index in [0.29, 0.717) is 11.3 Å². The summed E-state index contributed by atoms with van der Waals surface area (Å²) in [6.45, 7) is -0.244. The Morgan fingerprint density at radius 1 is 0.933 bits per heavy atom. The highest BCUT2D eigenvalue weighted by atomic mass is 32.2. The first-order valence-corrected chi connectivity index (χ1v) is 11.6. The van der Waals surface area contributed by atoms with Gasteiger partial charge in [0.05, 0.1) is 16.6 Å². The molecule has 6 heteroatoms. The summed E-state index contributed by atoms with van der Waals surface area (Å²) >= 11 is 0. The molecular formula is C24H22N2O3S. The van der Waals surface area contributed by atoms with Crippen LogP contribution in [0.5, 0.6) is 0 Å². The molecule has 1 N–H and O–H groups in total. The maximum absolute atomic E-state index is 13.3. The molecule has 3 aromatic rings. The maximum atomic E-state index is 13.3. The van der Waals surface area contributed by atoms with E-state index in [0.717, 1.165) is 30.4 Å². The molecule has 1 aliphatic carbocycles. The summed E-state index contributed by atoms with van der Waals surface area (Å²) in [5.74, 6) is -0.297. The normalized spacial score (nSPS) is 18.7. The van der Waals surface area contributed by atoms with Gasteiger partial charge >= 0.3 is 0 Å². The van der Waals surface area contributed by atoms with Crippen LogP contribution in [0.25, 0.3) is 11.1 Å². The number of fused-ring (bicyclic) bond motifs is 4. The van der Waals surface area contributed by atoms with Gasteiger partial charge in [-0.1, -0.05) is 60.7 Å². The smallest absolute Gasteiger partial charge is 0.265 e. The van der Waals surface area contributed by atoms with Gasteiger partial charge in [-0.2, -0.15) is 0 Å². The molecule has 1 heterocycles. The molecule has 0 saturated carbocycles. The van der Waals surface area contributed by atoms with Gasteiger partial charge in [0.1, 0.15) is 6.54 Å². The average Bonchev–Trinajstić information content (AvgIpc) is 2.77. The molecule has 1 aliphatic heterocycles. The van der Waals surface area contributed by atoms with Crippen LogP contribution in [-0.4, -0.2) is 20.9 Å². The molecule has 0 saturated heterocycles. The minimum atomic E-state index is -3.82. The SMILES string of the molecule is O=C(CN1c2ccccc2-c2ccccc2S1(=O)=O)N[C@@H]1CCCc2ccccc21. The first kappa shape index (κ1) is 18.9. The van der Waals surface area contributed by atoms with Crippen molar-refractivity contribution in [1.29, 1.82) is 0 Å². The number of para-hydroxylation sites is 1. The summed E-state index contributed by atoms with van der Waals surface area (Å²) in [4.78, 5) is 13.2. The van der Waals surface area contributed by atoms with Crippen molar-refractivity contribution in [2.24, 2.45) is 0 Å². The summed E-state index contributed by atoms with van der Waals surface area (Å²) in [5.41, 5.74) is 4.41. The third-order valence-electron chi connectivity index (χ3n) is 5.91. The quantitative estimate of drug-likeness (QED) is 0.698. The second kappa shape index (κ2) is 7.29. The zero-order valence-electron chi connectivity index (χ0n) is 16.4. The number of sulfonamides is 1. The van der Waals surface area contributed by atoms with Crippen LogP contribution >= 0.6 is 0 Å². The first-order valence-electron chi connectivity index (χ1n) is 10.1. The molecule has 0 bridgehead atoms. The van der Waals surface area contributed by atoms with Gasteiger partial charge in [0, 0.05) is 11.1 Å². The van der Waals surface area contributed by atoms with Crippen LogP contribution in [0, 0.1) is 0 Å². The molecular weight excluding hydrogens is 396 g/mol.